The van der Waals surface area contributed by atoms with E-state index in [0.29, 0.717) is 23.7 Å². The molecule has 4 nitrogen and oxygen atoms in total. The molecule has 6 heteroatoms. The third-order valence-corrected chi connectivity index (χ3v) is 7.39. The molecule has 0 amide bonds. The van der Waals surface area contributed by atoms with Gasteiger partial charge in [-0.15, -0.1) is 11.4 Å². The molecular formula is C34H48HfN4Zr-2. The van der Waals surface area contributed by atoms with Gasteiger partial charge in [0.1, 0.15) is 0 Å². The number of nitrogens with zero attached hydrogens (tertiary/aromatic N) is 4. The predicted octanol–water partition coefficient (Wildman–Crippen LogP) is 10.8. The minimum absolute atomic E-state index is 0. The summed E-state index contributed by atoms with van der Waals surface area (Å²) in [6.45, 7) is 26.3. The van der Waals surface area contributed by atoms with E-state index in [9.17, 15) is 0 Å². The van der Waals surface area contributed by atoms with Gasteiger partial charge in [-0.25, -0.2) is 0 Å². The molecule has 0 fully saturated rings. The van der Waals surface area contributed by atoms with Crippen LogP contribution in [-0.4, -0.2) is 10.2 Å². The number of hydrogen-bond donors (Lipinski definition) is 0. The maximum absolute atomic E-state index is 5.30. The van der Waals surface area contributed by atoms with Gasteiger partial charge >= 0.3 is 0 Å². The molecule has 0 bridgehead atoms. The molecule has 2 aromatic carbocycles. The van der Waals surface area contributed by atoms with Crippen molar-refractivity contribution < 1.29 is 52.0 Å². The predicted molar refractivity (Wildman–Crippen MR) is 163 cm³/mol. The van der Waals surface area contributed by atoms with Crippen molar-refractivity contribution in [2.24, 2.45) is 0 Å². The first kappa shape index (κ1) is 36.9. The van der Waals surface area contributed by atoms with Crippen LogP contribution in [0.1, 0.15) is 140 Å². The topological polar surface area (TPSA) is 54.0 Å². The summed E-state index contributed by atoms with van der Waals surface area (Å²) >= 11 is 0. The summed E-state index contributed by atoms with van der Waals surface area (Å²) in [5.74, 6) is 1.57. The molecular weight excluding hydrogens is 734 g/mol. The summed E-state index contributed by atoms with van der Waals surface area (Å²) in [5, 5.41) is 20.0. The van der Waals surface area contributed by atoms with Crippen LogP contribution in [0.2, 0.25) is 0 Å². The molecule has 0 saturated carbocycles. The van der Waals surface area contributed by atoms with E-state index in [1.807, 2.05) is 0 Å². The molecule has 0 saturated heterocycles. The molecule has 0 unspecified atom stereocenters. The van der Waals surface area contributed by atoms with Crippen LogP contribution in [0.25, 0.3) is 10.6 Å². The van der Waals surface area contributed by atoms with Crippen LogP contribution in [-0.2, 0) is 63.1 Å². The number of hydrogen-bond acceptors (Lipinski definition) is 2. The molecule has 0 aliphatic heterocycles. The van der Waals surface area contributed by atoms with Crippen molar-refractivity contribution in [2.75, 3.05) is 0 Å². The maximum atomic E-state index is 5.30. The van der Waals surface area contributed by atoms with E-state index >= 15 is 0 Å². The second kappa shape index (κ2) is 14.9. The molecule has 214 valence electrons. The van der Waals surface area contributed by atoms with Crippen LogP contribution >= 0.6 is 0 Å². The number of aromatic nitrogens is 2. The molecule has 0 atom stereocenters. The van der Waals surface area contributed by atoms with Gasteiger partial charge in [0, 0.05) is 52.0 Å². The summed E-state index contributed by atoms with van der Waals surface area (Å²) in [7, 11) is 0. The average molecular weight is 783 g/mol. The van der Waals surface area contributed by atoms with Crippen LogP contribution in [0.4, 0.5) is 11.4 Å². The van der Waals surface area contributed by atoms with Gasteiger partial charge in [-0.05, 0) is 35.8 Å². The van der Waals surface area contributed by atoms with E-state index < -0.39 is 11.1 Å². The van der Waals surface area contributed by atoms with Gasteiger partial charge in [-0.3, -0.25) is 0 Å². The minimum atomic E-state index is -0.517. The number of para-hydroxylation sites is 2. The molecule has 0 spiro atoms. The Balaban J connectivity index is 0.00000400. The van der Waals surface area contributed by atoms with Gasteiger partial charge in [0.25, 0.3) is 0 Å². The monoisotopic (exact) mass is 782 g/mol. The maximum Gasteiger partial charge on any atom is 0.0512 e. The number of benzene rings is 2. The van der Waals surface area contributed by atoms with Crippen molar-refractivity contribution in [3.05, 3.63) is 92.8 Å². The zero-order valence-electron chi connectivity index (χ0n) is 26.7. The van der Waals surface area contributed by atoms with Crippen molar-refractivity contribution >= 4 is 11.4 Å². The van der Waals surface area contributed by atoms with Gasteiger partial charge in [0.05, 0.1) is 11.4 Å². The standard InChI is InChI=1S/C34H48N4.Hf.Zr/c1-21(2)25-15-13-16-26(22(3)4)31(25)35-33(9,10)29-19-20-30(38-37-29)34(11,12)36-32-27(23(5)6)17-14-18-28(32)24(7)8;;/h13-24H,1-12H3;;/q-2;;. The van der Waals surface area contributed by atoms with Gasteiger partial charge in [0.2, 0.25) is 0 Å². The second-order valence-electron chi connectivity index (χ2n) is 12.8. The van der Waals surface area contributed by atoms with E-state index in [-0.39, 0.29) is 52.0 Å². The molecule has 0 aliphatic carbocycles. The summed E-state index contributed by atoms with van der Waals surface area (Å²) in [6.07, 6.45) is 0. The Labute approximate surface area is 282 Å². The van der Waals surface area contributed by atoms with E-state index in [0.717, 1.165) is 22.8 Å². The summed E-state index contributed by atoms with van der Waals surface area (Å²) in [5.41, 5.74) is 7.97. The Morgan fingerprint density at radius 1 is 0.500 bits per heavy atom. The Hall–Kier alpha value is -1.13. The fourth-order valence-corrected chi connectivity index (χ4v) is 4.94. The van der Waals surface area contributed by atoms with Crippen molar-refractivity contribution in [3.8, 4) is 0 Å². The second-order valence-corrected chi connectivity index (χ2v) is 12.8. The van der Waals surface area contributed by atoms with Crippen molar-refractivity contribution in [1.29, 1.82) is 0 Å². The van der Waals surface area contributed by atoms with Crippen LogP contribution < -0.4 is 0 Å². The fraction of sp³-hybridized carbons (Fsp3) is 0.529. The summed E-state index contributed by atoms with van der Waals surface area (Å²) < 4.78 is 0. The third kappa shape index (κ3) is 8.46. The summed E-state index contributed by atoms with van der Waals surface area (Å²) in [6, 6.07) is 17.3. The third-order valence-electron chi connectivity index (χ3n) is 7.39. The van der Waals surface area contributed by atoms with Crippen LogP contribution in [0.15, 0.2) is 48.5 Å². The molecule has 0 N–H and O–H groups in total. The molecule has 1 heterocycles. The smallest absolute Gasteiger partial charge is 0.0512 e. The van der Waals surface area contributed by atoms with E-state index in [1.54, 1.807) is 0 Å². The first-order chi connectivity index (χ1) is 17.7. The largest absolute Gasteiger partial charge is 0.674 e. The number of rotatable bonds is 10. The summed E-state index contributed by atoms with van der Waals surface area (Å²) in [4.78, 5) is 0. The van der Waals surface area contributed by atoms with Crippen molar-refractivity contribution in [3.63, 3.8) is 0 Å². The first-order valence-corrected chi connectivity index (χ1v) is 14.2. The molecule has 40 heavy (non-hydrogen) atoms. The normalized spacial score (nSPS) is 12.0. The van der Waals surface area contributed by atoms with Gasteiger partial charge in [-0.2, -0.15) is 10.2 Å². The molecule has 3 aromatic rings. The van der Waals surface area contributed by atoms with Gasteiger partial charge in [0.15, 0.2) is 0 Å². The SMILES string of the molecule is CC(C)c1cccc(C(C)C)c1[N-]C(C)(C)c1ccc(C(C)(C)[N-]c2c(C(C)C)cccc2C(C)C)nn1.[Hf].[Zr]. The van der Waals surface area contributed by atoms with Crippen LogP contribution in [0.5, 0.6) is 0 Å². The molecule has 1 aromatic heterocycles. The zero-order chi connectivity index (χ0) is 28.4. The van der Waals surface area contributed by atoms with E-state index in [1.165, 1.54) is 22.3 Å². The van der Waals surface area contributed by atoms with Crippen molar-refractivity contribution in [2.45, 2.75) is 118 Å². The molecule has 3 rings (SSSR count). The minimum Gasteiger partial charge on any atom is -0.674 e. The Kier molecular flexibility index (Phi) is 13.7. The van der Waals surface area contributed by atoms with Crippen LogP contribution in [0.3, 0.4) is 0 Å². The van der Waals surface area contributed by atoms with Crippen molar-refractivity contribution in [1.82, 2.24) is 10.2 Å². The Bertz CT molecular complexity index is 1080. The van der Waals surface area contributed by atoms with E-state index in [4.69, 9.17) is 20.8 Å². The molecule has 0 aliphatic rings. The zero-order valence-corrected chi connectivity index (χ0v) is 32.8. The van der Waals surface area contributed by atoms with Crippen LogP contribution in [0, 0.1) is 0 Å². The fourth-order valence-electron chi connectivity index (χ4n) is 4.94. The first-order valence-electron chi connectivity index (χ1n) is 14.2. The average Bonchev–Trinajstić information content (AvgIpc) is 2.83. The molecule has 0 radical (unpaired) electrons. The van der Waals surface area contributed by atoms with Gasteiger partial charge < -0.3 is 10.6 Å². The quantitative estimate of drug-likeness (QED) is 0.192. The Morgan fingerprint density at radius 2 is 0.750 bits per heavy atom. The van der Waals surface area contributed by atoms with Gasteiger partial charge in [-0.1, -0.05) is 153 Å². The Morgan fingerprint density at radius 3 is 0.950 bits per heavy atom. The van der Waals surface area contributed by atoms with E-state index in [2.05, 4.69) is 132 Å².